The van der Waals surface area contributed by atoms with Crippen molar-refractivity contribution in [3.63, 3.8) is 0 Å². The van der Waals surface area contributed by atoms with Crippen molar-refractivity contribution >= 4 is 78.8 Å². The Kier molecular flexibility index (Phi) is 13.4. The molecule has 19 heteroatoms. The number of fused-ring (bicyclic) bond motifs is 4. The van der Waals surface area contributed by atoms with Crippen LogP contribution in [0.2, 0.25) is 10.0 Å². The zero-order valence-electron chi connectivity index (χ0n) is 29.3. The van der Waals surface area contributed by atoms with Crippen molar-refractivity contribution in [1.29, 1.82) is 10.5 Å². The second-order valence-electron chi connectivity index (χ2n) is 11.6. The minimum Gasteiger partial charge on any atom is -0.870 e. The van der Waals surface area contributed by atoms with Gasteiger partial charge in [0.25, 0.3) is 0 Å². The van der Waals surface area contributed by atoms with Crippen LogP contribution >= 0.6 is 23.2 Å². The molecule has 0 saturated carbocycles. The summed E-state index contributed by atoms with van der Waals surface area (Å²) in [5, 5.41) is 39.8. The predicted molar refractivity (Wildman–Crippen MR) is 200 cm³/mol. The number of hydrogen-bond donors (Lipinski definition) is 1. The Morgan fingerprint density at radius 3 is 1.59 bits per heavy atom. The van der Waals surface area contributed by atoms with Crippen LogP contribution in [0.1, 0.15) is 43.5 Å². The second kappa shape index (κ2) is 17.8. The van der Waals surface area contributed by atoms with Crippen molar-refractivity contribution in [2.45, 2.75) is 13.1 Å². The summed E-state index contributed by atoms with van der Waals surface area (Å²) in [6.45, 7) is 0.753. The first-order chi connectivity index (χ1) is 25.6. The molecule has 56 heavy (non-hydrogen) atoms. The molecule has 0 saturated heterocycles. The third kappa shape index (κ3) is 8.57. The second-order valence-corrected chi connectivity index (χ2v) is 12.4. The van der Waals surface area contributed by atoms with E-state index in [2.05, 4.69) is 30.1 Å². The number of hydrogen-bond acceptors (Lipinski definition) is 12. The molecule has 8 aromatic rings. The number of aromatic nitrogens is 8. The summed E-state index contributed by atoms with van der Waals surface area (Å²) in [6, 6.07) is 22.0. The van der Waals surface area contributed by atoms with E-state index in [0.29, 0.717) is 44.9 Å². The molecular formula is C37H25Cl2LiN10O6. The van der Waals surface area contributed by atoms with E-state index in [-0.39, 0.29) is 52.6 Å². The first-order valence-electron chi connectivity index (χ1n) is 15.6. The maximum atomic E-state index is 12.1. The van der Waals surface area contributed by atoms with Gasteiger partial charge in [-0.1, -0.05) is 35.3 Å². The van der Waals surface area contributed by atoms with E-state index in [1.165, 1.54) is 31.6 Å². The van der Waals surface area contributed by atoms with Crippen LogP contribution in [0.25, 0.3) is 43.6 Å². The largest absolute Gasteiger partial charge is 1.00 e. The minimum atomic E-state index is -1.15. The Labute approximate surface area is 338 Å². The number of nitrogens with zero attached hydrogens (tertiary/aromatic N) is 10. The van der Waals surface area contributed by atoms with Crippen molar-refractivity contribution in [1.82, 2.24) is 39.5 Å². The van der Waals surface area contributed by atoms with Crippen LogP contribution in [0.3, 0.4) is 0 Å². The topological polar surface area (TPSA) is 260 Å². The van der Waals surface area contributed by atoms with Gasteiger partial charge >= 0.3 is 30.8 Å². The molecule has 16 nitrogen and oxygen atoms in total. The fourth-order valence-corrected chi connectivity index (χ4v) is 6.10. The number of methoxy groups -OCH3 is 1. The summed E-state index contributed by atoms with van der Waals surface area (Å²) in [4.78, 5) is 40.2. The molecule has 6 heterocycles. The van der Waals surface area contributed by atoms with Gasteiger partial charge in [-0.15, -0.1) is 0 Å². The molecule has 0 fully saturated rings. The minimum absolute atomic E-state index is 0. The Morgan fingerprint density at radius 1 is 0.714 bits per heavy atom. The van der Waals surface area contributed by atoms with Crippen molar-refractivity contribution in [2.75, 3.05) is 7.11 Å². The third-order valence-electron chi connectivity index (χ3n) is 8.17. The molecule has 0 aliphatic rings. The normalized spacial score (nSPS) is 10.3. The third-order valence-corrected chi connectivity index (χ3v) is 8.59. The molecule has 6 aromatic heterocycles. The average molecular weight is 784 g/mol. The van der Waals surface area contributed by atoms with E-state index < -0.39 is 11.9 Å². The van der Waals surface area contributed by atoms with Crippen molar-refractivity contribution in [2.24, 2.45) is 0 Å². The molecule has 0 radical (unpaired) electrons. The predicted octanol–water partition coefficient (Wildman–Crippen LogP) is 2.59. The van der Waals surface area contributed by atoms with Gasteiger partial charge in [-0.25, -0.2) is 19.6 Å². The number of aromatic carboxylic acids is 1. The smallest absolute Gasteiger partial charge is 0.870 e. The fourth-order valence-electron chi connectivity index (χ4n) is 5.76. The van der Waals surface area contributed by atoms with Gasteiger partial charge in [0.05, 0.1) is 64.7 Å². The van der Waals surface area contributed by atoms with Crippen LogP contribution in [-0.4, -0.2) is 74.6 Å². The number of carbonyl (C=O) groups excluding carboxylic acids is 1. The Bertz CT molecular complexity index is 2870. The van der Waals surface area contributed by atoms with Crippen LogP contribution < -0.4 is 18.9 Å². The van der Waals surface area contributed by atoms with Crippen molar-refractivity contribution < 1.29 is 49.2 Å². The number of nitriles is 2. The Balaban J connectivity index is 0.000000236. The van der Waals surface area contributed by atoms with E-state index in [1.54, 1.807) is 21.8 Å². The first kappa shape index (κ1) is 42.3. The number of esters is 1. The van der Waals surface area contributed by atoms with Gasteiger partial charge in [0.15, 0.2) is 11.4 Å². The van der Waals surface area contributed by atoms with Crippen LogP contribution in [0.15, 0.2) is 85.5 Å². The van der Waals surface area contributed by atoms with Crippen LogP contribution in [0.4, 0.5) is 0 Å². The first-order valence-corrected chi connectivity index (χ1v) is 16.3. The van der Waals surface area contributed by atoms with Gasteiger partial charge in [0.1, 0.15) is 23.5 Å². The van der Waals surface area contributed by atoms with Gasteiger partial charge in [-0.05, 0) is 59.7 Å². The summed E-state index contributed by atoms with van der Waals surface area (Å²) in [6.07, 6.45) is 6.19. The van der Waals surface area contributed by atoms with Gasteiger partial charge < -0.3 is 20.8 Å². The summed E-state index contributed by atoms with van der Waals surface area (Å²) < 4.78 is 8.03. The molecule has 2 aromatic carbocycles. The molecule has 0 amide bonds. The zero-order chi connectivity index (χ0) is 37.2. The Morgan fingerprint density at radius 2 is 1.16 bits per heavy atom. The van der Waals surface area contributed by atoms with Crippen molar-refractivity contribution in [3.8, 4) is 12.1 Å². The number of halogens is 2. The number of benzene rings is 2. The summed E-state index contributed by atoms with van der Waals surface area (Å²) in [5.41, 5.74) is 5.10. The Hall–Kier alpha value is -6.48. The molecule has 274 valence electrons. The summed E-state index contributed by atoms with van der Waals surface area (Å²) in [7, 11) is 1.29. The number of carbonyl (C=O) groups is 2. The quantitative estimate of drug-likeness (QED) is 0.188. The maximum absolute atomic E-state index is 12.1. The number of ether oxygens (including phenoxy) is 1. The van der Waals surface area contributed by atoms with Gasteiger partial charge in [0.2, 0.25) is 0 Å². The van der Waals surface area contributed by atoms with E-state index in [9.17, 15) is 14.7 Å². The number of carboxylic acid groups (broad SMARTS) is 1. The van der Waals surface area contributed by atoms with E-state index >= 15 is 0 Å². The number of rotatable bonds is 6. The standard InChI is InChI=1S/C19H12ClN5O2.C18H10ClN5O2.Li.2H2O/c1-27-19(26)18-15-6-14(7-21)22-9-17(15)25(24-18)10-11-2-3-16-12(4-11)5-13(20)8-23-16;19-12-4-11-3-10(1-2-15(11)22-7-12)9-24-16-8-21-13(6-20)5-14(16)17(23-24)18(25)26;;;/h2-6,8-9H,10H2,1H3;1-5,7-8H,9H2,(H,25,26);;2*1H2/q;;+1;;/p-1. The summed E-state index contributed by atoms with van der Waals surface area (Å²) in [5.74, 6) is -1.72. The molecule has 0 spiro atoms. The molecule has 4 N–H and O–H groups in total. The van der Waals surface area contributed by atoms with Crippen molar-refractivity contribution in [3.05, 3.63) is 129 Å². The van der Waals surface area contributed by atoms with Gasteiger partial charge in [-0.2, -0.15) is 20.7 Å². The van der Waals surface area contributed by atoms with E-state index in [4.69, 9.17) is 38.5 Å². The fraction of sp³-hybridized carbons (Fsp3) is 0.0811. The number of carboxylic acids is 1. The average Bonchev–Trinajstić information content (AvgIpc) is 3.71. The van der Waals surface area contributed by atoms with E-state index in [0.717, 1.165) is 32.9 Å². The monoisotopic (exact) mass is 782 g/mol. The molecule has 0 aliphatic carbocycles. The molecule has 8 rings (SSSR count). The SMILES string of the molecule is COC(=O)c1nn(Cc2ccc3ncc(Cl)cc3c2)c2cnc(C#N)cc12.N#Cc1cc2c(C(=O)O)nn(Cc3ccc4ncc(Cl)cc4c3)c2cn1.O.[Li+].[OH-]. The molecule has 0 atom stereocenters. The van der Waals surface area contributed by atoms with Crippen LogP contribution in [0.5, 0.6) is 0 Å². The van der Waals surface area contributed by atoms with Crippen LogP contribution in [0, 0.1) is 22.7 Å². The molecule has 0 aliphatic heterocycles. The zero-order valence-corrected chi connectivity index (χ0v) is 30.9. The van der Waals surface area contributed by atoms with Crippen LogP contribution in [-0.2, 0) is 17.8 Å². The molecular weight excluding hydrogens is 758 g/mol. The van der Waals surface area contributed by atoms with E-state index in [1.807, 2.05) is 60.7 Å². The molecule has 0 bridgehead atoms. The maximum Gasteiger partial charge on any atom is 1.00 e. The molecule has 0 unspecified atom stereocenters. The number of pyridine rings is 4. The van der Waals surface area contributed by atoms with Gasteiger partial charge in [0, 0.05) is 33.9 Å². The van der Waals surface area contributed by atoms with Gasteiger partial charge in [-0.3, -0.25) is 19.3 Å². The summed E-state index contributed by atoms with van der Waals surface area (Å²) >= 11 is 12.0.